The number of anilines is 1. The van der Waals surface area contributed by atoms with E-state index >= 15 is 0 Å². The summed E-state index contributed by atoms with van der Waals surface area (Å²) in [6.45, 7) is 2.05. The van der Waals surface area contributed by atoms with Gasteiger partial charge in [0, 0.05) is 0 Å². The maximum absolute atomic E-state index is 13.2. The molecule has 11 nitrogen and oxygen atoms in total. The topological polar surface area (TPSA) is 143 Å². The number of fused-ring (bicyclic) bond motifs is 1. The molecule has 0 aliphatic rings. The zero-order valence-corrected chi connectivity index (χ0v) is 18.2. The molecule has 0 aliphatic heterocycles. The van der Waals surface area contributed by atoms with E-state index in [0.717, 1.165) is 5.56 Å². The highest BCUT2D eigenvalue weighted by Crippen LogP contribution is 2.43. The first-order valence-corrected chi connectivity index (χ1v) is 11.3. The molecule has 0 fully saturated rings. The number of nitrogen functional groups attached to an aromatic ring is 1. The number of imidazole rings is 1. The molecule has 3 rings (SSSR count). The Morgan fingerprint density at radius 1 is 1.26 bits per heavy atom. The second kappa shape index (κ2) is 10.5. The van der Waals surface area contributed by atoms with Crippen LogP contribution in [0.25, 0.3) is 11.2 Å². The molecule has 0 spiro atoms. The monoisotopic (exact) mass is 448 g/mol. The molecule has 0 bridgehead atoms. The Hall–Kier alpha value is -2.85. The number of aromatic nitrogens is 4. The van der Waals surface area contributed by atoms with Crippen molar-refractivity contribution in [2.75, 3.05) is 25.7 Å². The normalized spacial score (nSPS) is 14.3. The van der Waals surface area contributed by atoms with Crippen molar-refractivity contribution in [1.82, 2.24) is 24.6 Å². The molecule has 12 heteroatoms. The molecule has 1 unspecified atom stereocenters. The van der Waals surface area contributed by atoms with Crippen molar-refractivity contribution in [2.24, 2.45) is 0 Å². The van der Waals surface area contributed by atoms with Gasteiger partial charge in [-0.1, -0.05) is 30.3 Å². The van der Waals surface area contributed by atoms with E-state index in [9.17, 15) is 9.36 Å². The number of nitrogens with one attached hydrogen (secondary N) is 1. The van der Waals surface area contributed by atoms with Crippen molar-refractivity contribution < 1.29 is 23.4 Å². The third kappa shape index (κ3) is 6.31. The molecular formula is C19H25N6O5P. The van der Waals surface area contributed by atoms with Crippen LogP contribution >= 0.6 is 7.52 Å². The molecule has 0 saturated heterocycles. The summed E-state index contributed by atoms with van der Waals surface area (Å²) in [6.07, 6.45) is 2.37. The zero-order valence-electron chi connectivity index (χ0n) is 17.3. The summed E-state index contributed by atoms with van der Waals surface area (Å²) < 4.78 is 31.1. The van der Waals surface area contributed by atoms with Crippen LogP contribution in [-0.4, -0.2) is 51.6 Å². The Labute approximate surface area is 179 Å². The average molecular weight is 448 g/mol. The van der Waals surface area contributed by atoms with Crippen LogP contribution in [0.5, 0.6) is 0 Å². The molecule has 166 valence electrons. The quantitative estimate of drug-likeness (QED) is 0.330. The van der Waals surface area contributed by atoms with Crippen molar-refractivity contribution in [3.63, 3.8) is 0 Å². The van der Waals surface area contributed by atoms with Gasteiger partial charge in [-0.25, -0.2) is 20.0 Å². The van der Waals surface area contributed by atoms with E-state index in [1.165, 1.54) is 13.4 Å². The zero-order chi connectivity index (χ0) is 22.3. The minimum atomic E-state index is -3.50. The first-order valence-electron chi connectivity index (χ1n) is 9.52. The molecule has 0 saturated carbocycles. The maximum Gasteiger partial charge on any atom is 0.320 e. The second-order valence-corrected chi connectivity index (χ2v) is 8.96. The molecule has 0 radical (unpaired) electrons. The number of carbonyl (C=O) groups is 1. The minimum Gasteiger partial charge on any atom is -0.468 e. The van der Waals surface area contributed by atoms with Gasteiger partial charge < -0.3 is 24.3 Å². The summed E-state index contributed by atoms with van der Waals surface area (Å²) in [5, 5.41) is 2.65. The van der Waals surface area contributed by atoms with E-state index < -0.39 is 13.5 Å². The summed E-state index contributed by atoms with van der Waals surface area (Å²) in [4.78, 5) is 23.8. The number of carbonyl (C=O) groups excluding carboxylic acids is 1. The van der Waals surface area contributed by atoms with Crippen molar-refractivity contribution in [3.05, 3.63) is 48.5 Å². The summed E-state index contributed by atoms with van der Waals surface area (Å²) in [7, 11) is -2.24. The number of hydrogen-bond donors (Lipinski definition) is 2. The highest BCUT2D eigenvalue weighted by molar-refractivity contribution is 7.56. The van der Waals surface area contributed by atoms with Crippen molar-refractivity contribution >= 4 is 30.5 Å². The molecule has 3 N–H and O–H groups in total. The minimum absolute atomic E-state index is 0.104. The predicted octanol–water partition coefficient (Wildman–Crippen LogP) is 1.94. The first-order chi connectivity index (χ1) is 14.9. The smallest absolute Gasteiger partial charge is 0.320 e. The molecule has 3 aromatic rings. The third-order valence-electron chi connectivity index (χ3n) is 4.39. The Morgan fingerprint density at radius 3 is 2.77 bits per heavy atom. The Bertz CT molecular complexity index is 1060. The lowest BCUT2D eigenvalue weighted by Gasteiger charge is -2.22. The standard InChI is InChI=1S/C19H25N6O5P/c1-14(9-25-12-23-17-18(20)21-11-22-19(17)25)29-13-31(27,24-8-16(26)28-2)30-10-15-6-4-3-5-7-15/h3-7,11-12,14H,8-10,13H2,1-2H3,(H,24,27)(H2,20,21,22)/t14-,31?/m1/s1. The lowest BCUT2D eigenvalue weighted by atomic mass is 10.2. The van der Waals surface area contributed by atoms with Gasteiger partial charge in [0.05, 0.1) is 32.7 Å². The number of benzene rings is 1. The maximum atomic E-state index is 13.2. The van der Waals surface area contributed by atoms with Gasteiger partial charge in [0.2, 0.25) is 0 Å². The van der Waals surface area contributed by atoms with E-state index in [1.807, 2.05) is 37.3 Å². The summed E-state index contributed by atoms with van der Waals surface area (Å²) in [6, 6.07) is 9.30. The van der Waals surface area contributed by atoms with E-state index in [1.54, 1.807) is 10.9 Å². The molecular weight excluding hydrogens is 423 g/mol. The summed E-state index contributed by atoms with van der Waals surface area (Å²) >= 11 is 0. The van der Waals surface area contributed by atoms with Gasteiger partial charge in [-0.15, -0.1) is 0 Å². The van der Waals surface area contributed by atoms with E-state index in [0.29, 0.717) is 23.5 Å². The van der Waals surface area contributed by atoms with Crippen LogP contribution in [0, 0.1) is 0 Å². The van der Waals surface area contributed by atoms with Gasteiger partial charge >= 0.3 is 5.97 Å². The fourth-order valence-corrected chi connectivity index (χ4v) is 4.16. The molecule has 0 aliphatic carbocycles. The second-order valence-electron chi connectivity index (χ2n) is 6.78. The van der Waals surface area contributed by atoms with Gasteiger partial charge in [-0.2, -0.15) is 0 Å². The summed E-state index contributed by atoms with van der Waals surface area (Å²) in [5.74, 6) is -0.262. The molecule has 2 heterocycles. The molecule has 31 heavy (non-hydrogen) atoms. The van der Waals surface area contributed by atoms with Crippen molar-refractivity contribution in [1.29, 1.82) is 0 Å². The van der Waals surface area contributed by atoms with Gasteiger partial charge in [-0.3, -0.25) is 9.36 Å². The Morgan fingerprint density at radius 2 is 2.03 bits per heavy atom. The molecule has 2 atom stereocenters. The Kier molecular flexibility index (Phi) is 7.69. The van der Waals surface area contributed by atoms with Crippen LogP contribution in [0.4, 0.5) is 5.82 Å². The fourth-order valence-electron chi connectivity index (χ4n) is 2.73. The van der Waals surface area contributed by atoms with E-state index in [2.05, 4.69) is 24.8 Å². The predicted molar refractivity (Wildman–Crippen MR) is 114 cm³/mol. The van der Waals surface area contributed by atoms with Crippen LogP contribution in [0.3, 0.4) is 0 Å². The number of nitrogens with two attached hydrogens (primary N) is 1. The van der Waals surface area contributed by atoms with E-state index in [4.69, 9.17) is 15.0 Å². The van der Waals surface area contributed by atoms with Crippen LogP contribution in [0.15, 0.2) is 43.0 Å². The first kappa shape index (κ1) is 22.8. The molecule has 2 aromatic heterocycles. The summed E-state index contributed by atoms with van der Waals surface area (Å²) in [5.41, 5.74) is 7.74. The number of methoxy groups -OCH3 is 1. The van der Waals surface area contributed by atoms with Crippen LogP contribution in [0.1, 0.15) is 12.5 Å². The van der Waals surface area contributed by atoms with Crippen molar-refractivity contribution in [2.45, 2.75) is 26.2 Å². The third-order valence-corrected chi connectivity index (χ3v) is 6.06. The highest BCUT2D eigenvalue weighted by Gasteiger charge is 2.26. The number of ether oxygens (including phenoxy) is 2. The SMILES string of the molecule is COC(=O)CNP(=O)(CO[C@H](C)Cn1cnc2c(N)ncnc21)OCc1ccccc1. The number of esters is 1. The average Bonchev–Trinajstić information content (AvgIpc) is 3.19. The number of rotatable bonds is 11. The van der Waals surface area contributed by atoms with Crippen LogP contribution < -0.4 is 10.8 Å². The van der Waals surface area contributed by atoms with E-state index in [-0.39, 0.29) is 25.6 Å². The lowest BCUT2D eigenvalue weighted by Crippen LogP contribution is -2.26. The van der Waals surface area contributed by atoms with Gasteiger partial charge in [0.15, 0.2) is 11.5 Å². The fraction of sp³-hybridized carbons (Fsp3) is 0.368. The van der Waals surface area contributed by atoms with Crippen LogP contribution in [-0.2, 0) is 36.5 Å². The lowest BCUT2D eigenvalue weighted by molar-refractivity contribution is -0.139. The number of nitrogens with zero attached hydrogens (tertiary/aromatic N) is 4. The number of hydrogen-bond acceptors (Lipinski definition) is 9. The largest absolute Gasteiger partial charge is 0.468 e. The molecule has 0 amide bonds. The highest BCUT2D eigenvalue weighted by atomic mass is 31.2. The van der Waals surface area contributed by atoms with Gasteiger partial charge in [0.1, 0.15) is 24.7 Å². The van der Waals surface area contributed by atoms with Gasteiger partial charge in [-0.05, 0) is 12.5 Å². The molecule has 1 aromatic carbocycles. The Balaban J connectivity index is 1.62. The van der Waals surface area contributed by atoms with Gasteiger partial charge in [0.25, 0.3) is 7.52 Å². The van der Waals surface area contributed by atoms with Crippen LogP contribution in [0.2, 0.25) is 0 Å². The van der Waals surface area contributed by atoms with Crippen molar-refractivity contribution in [3.8, 4) is 0 Å².